The normalized spacial score (nSPS) is 11.4. The molecule has 2 unspecified atom stereocenters. The molecule has 4 N–H and O–H groups in total. The minimum Gasteiger partial charge on any atom is -0.464 e. The van der Waals surface area contributed by atoms with Crippen LogP contribution in [-0.4, -0.2) is 74.7 Å². The van der Waals surface area contributed by atoms with Crippen molar-refractivity contribution in [3.05, 3.63) is 121 Å². The van der Waals surface area contributed by atoms with Gasteiger partial charge >= 0.3 is 36.3 Å². The number of carbonyl (C=O) groups is 6. The zero-order valence-corrected chi connectivity index (χ0v) is 32.4. The third-order valence-electron chi connectivity index (χ3n) is 8.12. The van der Waals surface area contributed by atoms with E-state index in [9.17, 15) is 28.8 Å². The molecule has 16 heteroatoms. The number of hydrogen-bond acceptors (Lipinski definition) is 12. The summed E-state index contributed by atoms with van der Waals surface area (Å²) in [5.74, 6) is -0.116. The first-order chi connectivity index (χ1) is 28.7. The lowest BCUT2D eigenvalue weighted by Gasteiger charge is -2.19. The lowest BCUT2D eigenvalue weighted by atomic mass is 10.1. The van der Waals surface area contributed by atoms with E-state index in [1.165, 1.54) is 0 Å². The van der Waals surface area contributed by atoms with Gasteiger partial charge in [0.2, 0.25) is 0 Å². The van der Waals surface area contributed by atoms with E-state index in [1.54, 1.807) is 121 Å². The second-order valence-corrected chi connectivity index (χ2v) is 12.7. The van der Waals surface area contributed by atoms with Crippen molar-refractivity contribution in [2.75, 3.05) is 26.3 Å². The molecule has 0 fully saturated rings. The summed E-state index contributed by atoms with van der Waals surface area (Å²) in [4.78, 5) is 75.7. The van der Waals surface area contributed by atoms with Crippen molar-refractivity contribution >= 4 is 36.3 Å². The van der Waals surface area contributed by atoms with Crippen LogP contribution in [0.2, 0.25) is 0 Å². The van der Waals surface area contributed by atoms with Gasteiger partial charge in [-0.3, -0.25) is 0 Å². The molecule has 0 saturated heterocycles. The third kappa shape index (κ3) is 18.6. The fourth-order valence-corrected chi connectivity index (χ4v) is 5.23. The van der Waals surface area contributed by atoms with Crippen molar-refractivity contribution in [2.24, 2.45) is 0 Å². The molecular formula is C43H48N4O12. The largest absolute Gasteiger partial charge is 0.464 e. The van der Waals surface area contributed by atoms with Crippen LogP contribution < -0.4 is 40.2 Å². The molecular weight excluding hydrogens is 764 g/mol. The van der Waals surface area contributed by atoms with Crippen molar-refractivity contribution < 1.29 is 57.2 Å². The smallest absolute Gasteiger partial charge is 0.413 e. The molecule has 2 atom stereocenters. The summed E-state index contributed by atoms with van der Waals surface area (Å²) >= 11 is 0. The van der Waals surface area contributed by atoms with Crippen LogP contribution in [0.25, 0.3) is 0 Å². The van der Waals surface area contributed by atoms with Crippen molar-refractivity contribution in [1.29, 1.82) is 0 Å². The minimum absolute atomic E-state index is 0.112. The van der Waals surface area contributed by atoms with E-state index in [1.807, 2.05) is 0 Å². The Hall–Kier alpha value is -7.10. The maximum Gasteiger partial charge on any atom is 0.413 e. The topological polar surface area (TPSA) is 206 Å². The number of carbonyl (C=O) groups excluding carboxylic acids is 6. The van der Waals surface area contributed by atoms with Crippen LogP contribution in [0.5, 0.6) is 23.0 Å². The van der Waals surface area contributed by atoms with E-state index in [0.717, 1.165) is 0 Å². The molecule has 0 saturated carbocycles. The van der Waals surface area contributed by atoms with Gasteiger partial charge in [-0.15, -0.1) is 0 Å². The van der Waals surface area contributed by atoms with E-state index in [2.05, 4.69) is 21.3 Å². The van der Waals surface area contributed by atoms with Gasteiger partial charge in [0.05, 0.1) is 13.2 Å². The number of rotatable bonds is 22. The molecule has 4 amide bonds. The van der Waals surface area contributed by atoms with Crippen molar-refractivity contribution in [3.8, 4) is 23.0 Å². The summed E-state index contributed by atoms with van der Waals surface area (Å²) in [5, 5.41) is 10.4. The van der Waals surface area contributed by atoms with Gasteiger partial charge in [0, 0.05) is 19.5 Å². The third-order valence-corrected chi connectivity index (χ3v) is 8.12. The Kier molecular flexibility index (Phi) is 19.6. The SMILES string of the molecule is O=C(NCCCCC(NC(=O)Oc1ccccc1)C(=O)OCCCOC(=O)C(CCCCNC(=O)Oc1ccccc1)NC(=O)Oc1ccccc1)Oc1ccccc1. The zero-order chi connectivity index (χ0) is 41.9. The van der Waals surface area contributed by atoms with E-state index >= 15 is 0 Å². The number of hydrogen-bond donors (Lipinski definition) is 4. The predicted molar refractivity (Wildman–Crippen MR) is 214 cm³/mol. The highest BCUT2D eigenvalue weighted by Gasteiger charge is 2.25. The number of benzene rings is 4. The Labute approximate surface area is 341 Å². The quantitative estimate of drug-likeness (QED) is 0.0484. The van der Waals surface area contributed by atoms with Crippen LogP contribution in [-0.2, 0) is 19.1 Å². The Balaban J connectivity index is 1.21. The van der Waals surface area contributed by atoms with Crippen LogP contribution in [0.15, 0.2) is 121 Å². The molecule has 0 aliphatic heterocycles. The molecule has 0 aliphatic rings. The molecule has 0 heterocycles. The van der Waals surface area contributed by atoms with Gasteiger partial charge in [-0.1, -0.05) is 72.8 Å². The molecule has 4 aromatic rings. The first kappa shape index (κ1) is 44.6. The van der Waals surface area contributed by atoms with E-state index < -0.39 is 48.4 Å². The highest BCUT2D eigenvalue weighted by atomic mass is 16.6. The van der Waals surface area contributed by atoms with Crippen molar-refractivity contribution in [2.45, 2.75) is 57.0 Å². The first-order valence-corrected chi connectivity index (χ1v) is 19.2. The highest BCUT2D eigenvalue weighted by molar-refractivity contribution is 5.83. The summed E-state index contributed by atoms with van der Waals surface area (Å²) in [5.41, 5.74) is 0. The number of nitrogens with one attached hydrogen (secondary N) is 4. The van der Waals surface area contributed by atoms with Gasteiger partial charge in [-0.25, -0.2) is 28.8 Å². The average Bonchev–Trinajstić information content (AvgIpc) is 3.23. The number of ether oxygens (including phenoxy) is 6. The molecule has 4 rings (SSSR count). The standard InChI is InChI=1S/C43H48N4O12/c48-38(36(46-42(52)58-34-22-9-3-10-23-34)26-13-15-28-44-40(50)56-32-18-5-1-6-19-32)54-30-17-31-55-39(49)37(47-43(53)59-35-24-11-4-12-25-35)27-14-16-29-45-41(51)57-33-20-7-2-8-21-33/h1-12,18-25,36-37H,13-17,26-31H2,(H,44,50)(H,45,51)(H,46,52)(H,47,53). The maximum atomic E-state index is 13.1. The van der Waals surface area contributed by atoms with Crippen molar-refractivity contribution in [1.82, 2.24) is 21.3 Å². The van der Waals surface area contributed by atoms with Gasteiger partial charge in [-0.05, 0) is 87.1 Å². The fourth-order valence-electron chi connectivity index (χ4n) is 5.23. The monoisotopic (exact) mass is 812 g/mol. The lowest BCUT2D eigenvalue weighted by molar-refractivity contribution is -0.149. The van der Waals surface area contributed by atoms with E-state index in [0.29, 0.717) is 37.2 Å². The molecule has 0 radical (unpaired) electrons. The maximum absolute atomic E-state index is 13.1. The summed E-state index contributed by atoms with van der Waals surface area (Å²) in [6.07, 6.45) is -0.743. The Bertz CT molecular complexity index is 1750. The predicted octanol–water partition coefficient (Wildman–Crippen LogP) is 6.70. The van der Waals surface area contributed by atoms with Gasteiger partial charge < -0.3 is 49.7 Å². The average molecular weight is 813 g/mol. The van der Waals surface area contributed by atoms with Crippen LogP contribution >= 0.6 is 0 Å². The van der Waals surface area contributed by atoms with Gasteiger partial charge in [0.1, 0.15) is 35.1 Å². The van der Waals surface area contributed by atoms with Crippen molar-refractivity contribution in [3.63, 3.8) is 0 Å². The van der Waals surface area contributed by atoms with Crippen LogP contribution in [0.1, 0.15) is 44.9 Å². The van der Waals surface area contributed by atoms with Crippen LogP contribution in [0.4, 0.5) is 19.2 Å². The second-order valence-electron chi connectivity index (χ2n) is 12.7. The summed E-state index contributed by atoms with van der Waals surface area (Å²) in [7, 11) is 0. The molecule has 16 nitrogen and oxygen atoms in total. The first-order valence-electron chi connectivity index (χ1n) is 19.2. The Morgan fingerprint density at radius 3 is 1.02 bits per heavy atom. The van der Waals surface area contributed by atoms with Gasteiger partial charge in [-0.2, -0.15) is 0 Å². The number of amides is 4. The van der Waals surface area contributed by atoms with Gasteiger partial charge in [0.25, 0.3) is 0 Å². The van der Waals surface area contributed by atoms with Crippen LogP contribution in [0.3, 0.4) is 0 Å². The minimum atomic E-state index is -1.08. The Morgan fingerprint density at radius 1 is 0.390 bits per heavy atom. The Morgan fingerprint density at radius 2 is 0.695 bits per heavy atom. The number of unbranched alkanes of at least 4 members (excludes halogenated alkanes) is 2. The summed E-state index contributed by atoms with van der Waals surface area (Å²) < 4.78 is 31.8. The van der Waals surface area contributed by atoms with E-state index in [4.69, 9.17) is 28.4 Å². The fraction of sp³-hybridized carbons (Fsp3) is 0.302. The zero-order valence-electron chi connectivity index (χ0n) is 32.4. The second kappa shape index (κ2) is 25.9. The molecule has 0 aliphatic carbocycles. The highest BCUT2D eigenvalue weighted by Crippen LogP contribution is 2.13. The molecule has 59 heavy (non-hydrogen) atoms. The van der Waals surface area contributed by atoms with E-state index in [-0.39, 0.29) is 57.1 Å². The molecule has 4 aromatic carbocycles. The molecule has 0 aromatic heterocycles. The van der Waals surface area contributed by atoms with Crippen LogP contribution in [0, 0.1) is 0 Å². The lowest BCUT2D eigenvalue weighted by Crippen LogP contribution is -2.44. The number of esters is 2. The number of para-hydroxylation sites is 4. The summed E-state index contributed by atoms with van der Waals surface area (Å²) in [6, 6.07) is 31.6. The molecule has 312 valence electrons. The molecule has 0 spiro atoms. The molecule has 0 bridgehead atoms. The summed E-state index contributed by atoms with van der Waals surface area (Å²) in [6.45, 7) is 0.217. The van der Waals surface area contributed by atoms with Gasteiger partial charge in [0.15, 0.2) is 0 Å².